The third kappa shape index (κ3) is 3.17. The molecule has 0 saturated heterocycles. The van der Waals surface area contributed by atoms with Crippen LogP contribution in [0.1, 0.15) is 25.0 Å². The second-order valence-electron chi connectivity index (χ2n) is 12.8. The third-order valence-electron chi connectivity index (χ3n) is 10.1. The number of anilines is 3. The molecule has 45 heavy (non-hydrogen) atoms. The summed E-state index contributed by atoms with van der Waals surface area (Å²) in [7, 11) is 0. The molecule has 1 aliphatic carbocycles. The van der Waals surface area contributed by atoms with E-state index in [2.05, 4.69) is 163 Å². The average Bonchev–Trinajstić information content (AvgIpc) is 3.54. The molecule has 3 heterocycles. The van der Waals surface area contributed by atoms with Gasteiger partial charge in [0.05, 0.1) is 28.6 Å². The van der Waals surface area contributed by atoms with Gasteiger partial charge in [-0.25, -0.2) is 0 Å². The van der Waals surface area contributed by atoms with Crippen LogP contribution in [0.5, 0.6) is 0 Å². The Labute approximate surface area is 261 Å². The van der Waals surface area contributed by atoms with Gasteiger partial charge in [-0.3, -0.25) is 4.98 Å². The lowest BCUT2D eigenvalue weighted by Gasteiger charge is -2.34. The van der Waals surface area contributed by atoms with Crippen molar-refractivity contribution in [3.05, 3.63) is 151 Å². The van der Waals surface area contributed by atoms with Crippen LogP contribution in [0.15, 0.2) is 140 Å². The van der Waals surface area contributed by atoms with E-state index in [-0.39, 0.29) is 5.41 Å². The summed E-state index contributed by atoms with van der Waals surface area (Å²) in [5, 5.41) is 5.00. The molecule has 0 saturated carbocycles. The van der Waals surface area contributed by atoms with Gasteiger partial charge < -0.3 is 9.47 Å². The third-order valence-corrected chi connectivity index (χ3v) is 10.1. The smallest absolute Gasteiger partial charge is 0.0730 e. The van der Waals surface area contributed by atoms with Gasteiger partial charge in [0, 0.05) is 50.1 Å². The van der Waals surface area contributed by atoms with Crippen LogP contribution in [-0.2, 0) is 5.41 Å². The van der Waals surface area contributed by atoms with Crippen molar-refractivity contribution in [2.45, 2.75) is 19.3 Å². The first-order chi connectivity index (χ1) is 22.1. The predicted molar refractivity (Wildman–Crippen MR) is 187 cm³/mol. The quantitative estimate of drug-likeness (QED) is 0.204. The lowest BCUT2D eigenvalue weighted by molar-refractivity contribution is 0.666. The van der Waals surface area contributed by atoms with Crippen LogP contribution in [0.2, 0.25) is 0 Å². The standard InChI is InChI=1S/C42H29N3/c1-42(2)35-17-9-6-14-28(35)33-23-32-30-16-8-11-19-37(30)45(39-25-43-24-34(40(32)39)41(33)42)27-20-21-38-31(22-27)29-15-7-10-18-36(29)44(38)26-12-4-3-5-13-26/h3-25H,1-2H3. The minimum absolute atomic E-state index is 0.120. The fraction of sp³-hybridized carbons (Fsp3) is 0.0714. The van der Waals surface area contributed by atoms with Gasteiger partial charge in [-0.15, -0.1) is 0 Å². The van der Waals surface area contributed by atoms with E-state index in [1.54, 1.807) is 0 Å². The van der Waals surface area contributed by atoms with Gasteiger partial charge in [-0.2, -0.15) is 0 Å². The molecule has 0 spiro atoms. The zero-order valence-electron chi connectivity index (χ0n) is 25.1. The second kappa shape index (κ2) is 8.71. The van der Waals surface area contributed by atoms with Crippen molar-refractivity contribution in [2.24, 2.45) is 0 Å². The van der Waals surface area contributed by atoms with E-state index in [1.807, 2.05) is 0 Å². The van der Waals surface area contributed by atoms with Crippen LogP contribution in [0.25, 0.3) is 60.5 Å². The van der Waals surface area contributed by atoms with Crippen LogP contribution in [0.4, 0.5) is 17.1 Å². The first kappa shape index (κ1) is 24.7. The number of pyridine rings is 1. The van der Waals surface area contributed by atoms with Crippen molar-refractivity contribution in [3.8, 4) is 27.9 Å². The number of hydrogen-bond acceptors (Lipinski definition) is 2. The Balaban J connectivity index is 1.27. The zero-order chi connectivity index (χ0) is 29.9. The molecule has 10 rings (SSSR count). The van der Waals surface area contributed by atoms with Gasteiger partial charge >= 0.3 is 0 Å². The molecular weight excluding hydrogens is 546 g/mol. The summed E-state index contributed by atoms with van der Waals surface area (Å²) in [5.41, 5.74) is 14.8. The molecule has 6 aromatic carbocycles. The number of para-hydroxylation sites is 3. The molecule has 0 bridgehead atoms. The van der Waals surface area contributed by atoms with E-state index in [4.69, 9.17) is 4.98 Å². The van der Waals surface area contributed by atoms with Crippen LogP contribution in [0, 0.1) is 0 Å². The van der Waals surface area contributed by atoms with Crippen molar-refractivity contribution < 1.29 is 0 Å². The highest BCUT2D eigenvalue weighted by molar-refractivity contribution is 6.18. The monoisotopic (exact) mass is 575 g/mol. The molecule has 3 heteroatoms. The van der Waals surface area contributed by atoms with Crippen LogP contribution < -0.4 is 4.90 Å². The fourth-order valence-electron chi connectivity index (χ4n) is 8.28. The largest absolute Gasteiger partial charge is 0.309 e. The SMILES string of the molecule is CC1(C)c2ccccc2-c2cc3c4c(cncc4c21)N(c1ccc2c(c1)c1ccccc1n2-c1ccccc1)c1ccccc1-3. The molecule has 1 aliphatic heterocycles. The van der Waals surface area contributed by atoms with Crippen LogP contribution in [0.3, 0.4) is 0 Å². The Morgan fingerprint density at radius 1 is 0.511 bits per heavy atom. The maximum Gasteiger partial charge on any atom is 0.0730 e. The summed E-state index contributed by atoms with van der Waals surface area (Å²) in [6.07, 6.45) is 4.15. The second-order valence-corrected chi connectivity index (χ2v) is 12.8. The molecule has 3 nitrogen and oxygen atoms in total. The van der Waals surface area contributed by atoms with Gasteiger partial charge in [0.2, 0.25) is 0 Å². The molecule has 0 radical (unpaired) electrons. The molecule has 2 aromatic heterocycles. The highest BCUT2D eigenvalue weighted by atomic mass is 15.2. The summed E-state index contributed by atoms with van der Waals surface area (Å²) in [6.45, 7) is 4.72. The molecular formula is C42H29N3. The van der Waals surface area contributed by atoms with E-state index < -0.39 is 0 Å². The Morgan fingerprint density at radius 3 is 2.13 bits per heavy atom. The normalized spacial score (nSPS) is 14.1. The van der Waals surface area contributed by atoms with Gasteiger partial charge in [-0.1, -0.05) is 92.7 Å². The maximum atomic E-state index is 4.92. The lowest BCUT2D eigenvalue weighted by Crippen LogP contribution is -2.18. The summed E-state index contributed by atoms with van der Waals surface area (Å²) in [4.78, 5) is 7.35. The summed E-state index contributed by atoms with van der Waals surface area (Å²) in [6, 6.07) is 46.5. The van der Waals surface area contributed by atoms with Crippen LogP contribution >= 0.6 is 0 Å². The molecule has 212 valence electrons. The number of hydrogen-bond donors (Lipinski definition) is 0. The molecule has 0 fully saturated rings. The molecule has 8 aromatic rings. The number of fused-ring (bicyclic) bond motifs is 9. The predicted octanol–water partition coefficient (Wildman–Crippen LogP) is 11.1. The van der Waals surface area contributed by atoms with E-state index in [0.717, 1.165) is 11.4 Å². The summed E-state index contributed by atoms with van der Waals surface area (Å²) >= 11 is 0. The minimum Gasteiger partial charge on any atom is -0.309 e. The van der Waals surface area contributed by atoms with Gasteiger partial charge in [0.25, 0.3) is 0 Å². The average molecular weight is 576 g/mol. The zero-order valence-corrected chi connectivity index (χ0v) is 25.1. The Kier molecular flexibility index (Phi) is 4.79. The van der Waals surface area contributed by atoms with E-state index in [9.17, 15) is 0 Å². The summed E-state index contributed by atoms with van der Waals surface area (Å²) < 4.78 is 2.37. The Hall–Kier alpha value is -5.67. The first-order valence-corrected chi connectivity index (χ1v) is 15.6. The highest BCUT2D eigenvalue weighted by Crippen LogP contribution is 2.58. The molecule has 0 amide bonds. The summed E-state index contributed by atoms with van der Waals surface area (Å²) in [5.74, 6) is 0. The number of nitrogens with zero attached hydrogens (tertiary/aromatic N) is 3. The first-order valence-electron chi connectivity index (χ1n) is 15.6. The molecule has 0 N–H and O–H groups in total. The number of rotatable bonds is 2. The Bertz CT molecular complexity index is 2520. The van der Waals surface area contributed by atoms with Gasteiger partial charge in [-0.05, 0) is 76.3 Å². The fourth-order valence-corrected chi connectivity index (χ4v) is 8.28. The maximum absolute atomic E-state index is 4.92. The van der Waals surface area contributed by atoms with E-state index in [0.29, 0.717) is 0 Å². The minimum atomic E-state index is -0.120. The lowest BCUT2D eigenvalue weighted by atomic mass is 9.78. The van der Waals surface area contributed by atoms with Crippen LogP contribution in [-0.4, -0.2) is 9.55 Å². The van der Waals surface area contributed by atoms with Crippen molar-refractivity contribution in [2.75, 3.05) is 4.90 Å². The topological polar surface area (TPSA) is 21.1 Å². The van der Waals surface area contributed by atoms with E-state index >= 15 is 0 Å². The molecule has 0 unspecified atom stereocenters. The van der Waals surface area contributed by atoms with Crippen molar-refractivity contribution in [1.29, 1.82) is 0 Å². The Morgan fingerprint density at radius 2 is 1.24 bits per heavy atom. The van der Waals surface area contributed by atoms with Crippen molar-refractivity contribution >= 4 is 49.6 Å². The molecule has 2 aliphatic rings. The number of benzene rings is 6. The van der Waals surface area contributed by atoms with Crippen molar-refractivity contribution in [3.63, 3.8) is 0 Å². The van der Waals surface area contributed by atoms with Gasteiger partial charge in [0.1, 0.15) is 0 Å². The highest BCUT2D eigenvalue weighted by Gasteiger charge is 2.39. The van der Waals surface area contributed by atoms with Gasteiger partial charge in [0.15, 0.2) is 0 Å². The van der Waals surface area contributed by atoms with E-state index in [1.165, 1.54) is 77.3 Å². The number of aromatic nitrogens is 2. The molecule has 0 atom stereocenters. The van der Waals surface area contributed by atoms with Crippen molar-refractivity contribution in [1.82, 2.24) is 9.55 Å².